The van der Waals surface area contributed by atoms with E-state index in [1.165, 1.54) is 0 Å². The van der Waals surface area contributed by atoms with Crippen LogP contribution >= 0.6 is 0 Å². The third-order valence-electron chi connectivity index (χ3n) is 5.49. The van der Waals surface area contributed by atoms with Crippen LogP contribution in [0.2, 0.25) is 0 Å². The van der Waals surface area contributed by atoms with Crippen LogP contribution in [0.15, 0.2) is 12.1 Å². The highest BCUT2D eigenvalue weighted by Gasteiger charge is 2.57. The van der Waals surface area contributed by atoms with Crippen LogP contribution in [0.5, 0.6) is 5.75 Å². The van der Waals surface area contributed by atoms with Crippen molar-refractivity contribution in [2.24, 2.45) is 5.73 Å². The second kappa shape index (κ2) is 9.15. The molecule has 1 aromatic rings. The van der Waals surface area contributed by atoms with Gasteiger partial charge in [-0.3, -0.25) is 14.4 Å². The van der Waals surface area contributed by atoms with Gasteiger partial charge in [0.1, 0.15) is 23.6 Å². The number of benzene rings is 1. The Morgan fingerprint density at radius 1 is 1.45 bits per heavy atom. The number of hydrogen-bond donors (Lipinski definition) is 3. The van der Waals surface area contributed by atoms with E-state index in [1.54, 1.807) is 7.05 Å². The smallest absolute Gasteiger partial charge is 0.270 e. The lowest BCUT2D eigenvalue weighted by atomic mass is 9.96. The van der Waals surface area contributed by atoms with Crippen LogP contribution in [0, 0.1) is 11.6 Å². The lowest BCUT2D eigenvalue weighted by Gasteiger charge is -2.34. The molecule has 9 nitrogen and oxygen atoms in total. The number of primary amides is 1. The zero-order chi connectivity index (χ0) is 22.8. The number of anilines is 1. The van der Waals surface area contributed by atoms with Crippen molar-refractivity contribution in [3.05, 3.63) is 23.8 Å². The van der Waals surface area contributed by atoms with E-state index >= 15 is 0 Å². The van der Waals surface area contributed by atoms with E-state index in [0.717, 1.165) is 23.8 Å². The summed E-state index contributed by atoms with van der Waals surface area (Å²) in [5, 5.41) is 5.20. The molecule has 11 heteroatoms. The minimum Gasteiger partial charge on any atom is -0.473 e. The summed E-state index contributed by atoms with van der Waals surface area (Å²) in [5.74, 6) is -4.16. The van der Waals surface area contributed by atoms with E-state index in [0.29, 0.717) is 12.7 Å². The van der Waals surface area contributed by atoms with Crippen molar-refractivity contribution in [3.63, 3.8) is 0 Å². The Morgan fingerprint density at radius 3 is 2.84 bits per heavy atom. The topological polar surface area (TPSA) is 123 Å². The normalized spacial score (nSPS) is 23.3. The first-order valence-electron chi connectivity index (χ1n) is 10.1. The van der Waals surface area contributed by atoms with Gasteiger partial charge in [0.05, 0.1) is 13.2 Å². The molecule has 2 aliphatic heterocycles. The van der Waals surface area contributed by atoms with Gasteiger partial charge in [-0.15, -0.1) is 0 Å². The van der Waals surface area contributed by atoms with Crippen molar-refractivity contribution in [1.82, 2.24) is 10.2 Å². The molecule has 1 unspecified atom stereocenters. The lowest BCUT2D eigenvalue weighted by Crippen LogP contribution is -2.55. The van der Waals surface area contributed by atoms with E-state index in [4.69, 9.17) is 15.2 Å². The highest BCUT2D eigenvalue weighted by molar-refractivity contribution is 6.03. The molecular formula is C20H26F2N4O5. The number of nitrogens with zero attached hydrogens (tertiary/aromatic N) is 1. The number of likely N-dealkylation sites (tertiary alicyclic amines) is 1. The maximum Gasteiger partial charge on any atom is 0.270 e. The molecule has 0 aromatic heterocycles. The van der Waals surface area contributed by atoms with Crippen LogP contribution in [-0.2, 0) is 19.1 Å². The molecule has 2 aliphatic rings. The first-order chi connectivity index (χ1) is 14.7. The number of fused-ring (bicyclic) bond motifs is 1. The van der Waals surface area contributed by atoms with Crippen molar-refractivity contribution in [1.29, 1.82) is 0 Å². The summed E-state index contributed by atoms with van der Waals surface area (Å²) < 4.78 is 38.9. The molecule has 2 heterocycles. The number of rotatable bonds is 8. The molecule has 170 valence electrons. The summed E-state index contributed by atoms with van der Waals surface area (Å²) in [7, 11) is 1.57. The molecule has 1 aromatic carbocycles. The zero-order valence-electron chi connectivity index (χ0n) is 17.4. The molecular weight excluding hydrogens is 414 g/mol. The number of nitrogens with two attached hydrogens (primary N) is 1. The van der Waals surface area contributed by atoms with Crippen molar-refractivity contribution in [2.45, 2.75) is 43.9 Å². The summed E-state index contributed by atoms with van der Waals surface area (Å²) in [6.45, 7) is 2.24. The molecule has 0 saturated carbocycles. The fraction of sp³-hybridized carbons (Fsp3) is 0.550. The largest absolute Gasteiger partial charge is 0.473 e. The number of unbranched alkanes of at least 4 members (excludes halogenated alkanes) is 1. The summed E-state index contributed by atoms with van der Waals surface area (Å²) >= 11 is 0. The standard InChI is InChI=1S/C20H26F2N4O5/c1-3-4-5-30-9-13(24-2)18(28)26-10-20(8-14(26)17(23)27)19(29)25-16-12(22)6-11(21)7-15(16)31-20/h6-7,13-14,24H,3-5,8-10H2,1-2H3,(H2,23,27)(H,25,29)/t13-,14?,20+/m0/s1. The Balaban J connectivity index is 1.84. The molecule has 3 rings (SSSR count). The van der Waals surface area contributed by atoms with Gasteiger partial charge in [0.2, 0.25) is 17.4 Å². The Morgan fingerprint density at radius 2 is 2.19 bits per heavy atom. The zero-order valence-corrected chi connectivity index (χ0v) is 17.4. The minimum atomic E-state index is -1.70. The van der Waals surface area contributed by atoms with E-state index in [2.05, 4.69) is 10.6 Å². The molecule has 3 atom stereocenters. The fourth-order valence-corrected chi connectivity index (χ4v) is 3.76. The SMILES string of the molecule is CCCCOC[C@H](NC)C(=O)N1C[C@@]2(CC1C(N)=O)Oc1cc(F)cc(F)c1NC2=O. The van der Waals surface area contributed by atoms with Gasteiger partial charge in [0.25, 0.3) is 5.91 Å². The predicted octanol–water partition coefficient (Wildman–Crippen LogP) is 0.525. The van der Waals surface area contributed by atoms with Gasteiger partial charge in [0, 0.05) is 25.2 Å². The van der Waals surface area contributed by atoms with Gasteiger partial charge in [-0.05, 0) is 13.5 Å². The minimum absolute atomic E-state index is 0.0661. The van der Waals surface area contributed by atoms with Crippen molar-refractivity contribution in [2.75, 3.05) is 32.1 Å². The van der Waals surface area contributed by atoms with Crippen molar-refractivity contribution >= 4 is 23.4 Å². The van der Waals surface area contributed by atoms with Crippen LogP contribution in [0.4, 0.5) is 14.5 Å². The molecule has 1 saturated heterocycles. The second-order valence-corrected chi connectivity index (χ2v) is 7.67. The van der Waals surface area contributed by atoms with Gasteiger partial charge >= 0.3 is 0 Å². The summed E-state index contributed by atoms with van der Waals surface area (Å²) in [4.78, 5) is 39.2. The van der Waals surface area contributed by atoms with Crippen LogP contribution in [0.3, 0.4) is 0 Å². The van der Waals surface area contributed by atoms with E-state index in [9.17, 15) is 23.2 Å². The number of ether oxygens (including phenoxy) is 2. The van der Waals surface area contributed by atoms with Crippen LogP contribution in [0.25, 0.3) is 0 Å². The molecule has 4 N–H and O–H groups in total. The van der Waals surface area contributed by atoms with Gasteiger partial charge in [-0.2, -0.15) is 0 Å². The number of likely N-dealkylation sites (N-methyl/N-ethyl adjacent to an activating group) is 1. The molecule has 0 bridgehead atoms. The number of halogens is 2. The summed E-state index contributed by atoms with van der Waals surface area (Å²) in [5.41, 5.74) is 3.49. The van der Waals surface area contributed by atoms with Gasteiger partial charge in [0.15, 0.2) is 11.6 Å². The predicted molar refractivity (Wildman–Crippen MR) is 106 cm³/mol. The quantitative estimate of drug-likeness (QED) is 0.507. The van der Waals surface area contributed by atoms with Crippen LogP contribution < -0.4 is 21.1 Å². The molecule has 0 radical (unpaired) electrons. The average molecular weight is 440 g/mol. The van der Waals surface area contributed by atoms with Crippen LogP contribution in [0.1, 0.15) is 26.2 Å². The maximum absolute atomic E-state index is 14.0. The highest BCUT2D eigenvalue weighted by atomic mass is 19.1. The molecule has 0 aliphatic carbocycles. The maximum atomic E-state index is 14.0. The fourth-order valence-electron chi connectivity index (χ4n) is 3.76. The van der Waals surface area contributed by atoms with Crippen LogP contribution in [-0.4, -0.2) is 67.1 Å². The van der Waals surface area contributed by atoms with E-state index < -0.39 is 47.0 Å². The van der Waals surface area contributed by atoms with Crippen molar-refractivity contribution < 1.29 is 32.6 Å². The third kappa shape index (κ3) is 4.47. The summed E-state index contributed by atoms with van der Waals surface area (Å²) in [6.07, 6.45) is 1.53. The van der Waals surface area contributed by atoms with Gasteiger partial charge in [-0.1, -0.05) is 13.3 Å². The molecule has 31 heavy (non-hydrogen) atoms. The molecule has 1 fully saturated rings. The number of hydrogen-bond acceptors (Lipinski definition) is 6. The molecule has 3 amide bonds. The van der Waals surface area contributed by atoms with Crippen molar-refractivity contribution in [3.8, 4) is 5.75 Å². The number of carbonyl (C=O) groups is 3. The van der Waals surface area contributed by atoms with Gasteiger partial charge < -0.3 is 30.7 Å². The Labute approximate surface area is 178 Å². The Hall–Kier alpha value is -2.79. The first-order valence-corrected chi connectivity index (χ1v) is 10.1. The first kappa shape index (κ1) is 22.9. The number of amides is 3. The summed E-state index contributed by atoms with van der Waals surface area (Å²) in [6, 6.07) is -0.360. The highest BCUT2D eigenvalue weighted by Crippen LogP contribution is 2.41. The third-order valence-corrected chi connectivity index (χ3v) is 5.49. The average Bonchev–Trinajstić information content (AvgIpc) is 3.10. The lowest BCUT2D eigenvalue weighted by molar-refractivity contribution is -0.141. The monoisotopic (exact) mass is 440 g/mol. The number of carbonyl (C=O) groups excluding carboxylic acids is 3. The van der Waals surface area contributed by atoms with Gasteiger partial charge in [-0.25, -0.2) is 8.78 Å². The second-order valence-electron chi connectivity index (χ2n) is 7.67. The van der Waals surface area contributed by atoms with E-state index in [1.807, 2.05) is 6.92 Å². The Bertz CT molecular complexity index is 883. The van der Waals surface area contributed by atoms with E-state index in [-0.39, 0.29) is 31.0 Å². The number of nitrogens with one attached hydrogen (secondary N) is 2. The molecule has 1 spiro atoms. The Kier molecular flexibility index (Phi) is 6.75.